The molecule has 2 heterocycles. The minimum Gasteiger partial charge on any atom is -0.462 e. The van der Waals surface area contributed by atoms with Gasteiger partial charge in [0, 0.05) is 5.02 Å². The number of aryl methyl sites for hydroxylation is 1. The molecule has 0 bridgehead atoms. The quantitative estimate of drug-likeness (QED) is 0.515. The first-order valence-corrected chi connectivity index (χ1v) is 7.48. The van der Waals surface area contributed by atoms with Gasteiger partial charge in [-0.25, -0.2) is 0 Å². The normalized spacial score (nSPS) is 16.9. The van der Waals surface area contributed by atoms with E-state index < -0.39 is 11.8 Å². The molecular formula is C16H11ClN2O3S. The third-order valence-corrected chi connectivity index (χ3v) is 3.74. The van der Waals surface area contributed by atoms with Gasteiger partial charge in [-0.15, -0.1) is 0 Å². The zero-order valence-electron chi connectivity index (χ0n) is 12.0. The van der Waals surface area contributed by atoms with Crippen molar-refractivity contribution < 1.29 is 14.0 Å². The lowest BCUT2D eigenvalue weighted by atomic mass is 10.1. The largest absolute Gasteiger partial charge is 0.462 e. The molecule has 1 aliphatic heterocycles. The van der Waals surface area contributed by atoms with Crippen LogP contribution in [0.1, 0.15) is 11.5 Å². The maximum absolute atomic E-state index is 12.7. The van der Waals surface area contributed by atoms with E-state index in [9.17, 15) is 9.59 Å². The van der Waals surface area contributed by atoms with Gasteiger partial charge in [-0.1, -0.05) is 17.7 Å². The molecule has 0 saturated carbocycles. The van der Waals surface area contributed by atoms with Crippen LogP contribution in [0.15, 0.2) is 46.4 Å². The van der Waals surface area contributed by atoms with Crippen LogP contribution < -0.4 is 10.2 Å². The fourth-order valence-corrected chi connectivity index (χ4v) is 2.65. The number of hydrogen-bond acceptors (Lipinski definition) is 4. The zero-order valence-corrected chi connectivity index (χ0v) is 13.6. The van der Waals surface area contributed by atoms with Gasteiger partial charge in [0.1, 0.15) is 17.1 Å². The molecule has 0 radical (unpaired) electrons. The van der Waals surface area contributed by atoms with Crippen molar-refractivity contribution in [1.29, 1.82) is 0 Å². The summed E-state index contributed by atoms with van der Waals surface area (Å²) < 4.78 is 5.39. The van der Waals surface area contributed by atoms with Crippen molar-refractivity contribution >= 4 is 52.5 Å². The second kappa shape index (κ2) is 5.98. The number of carbonyl (C=O) groups excluding carboxylic acids is 2. The molecule has 1 N–H and O–H groups in total. The first-order valence-electron chi connectivity index (χ1n) is 6.69. The topological polar surface area (TPSA) is 62.6 Å². The van der Waals surface area contributed by atoms with Crippen LogP contribution in [-0.2, 0) is 9.59 Å². The Hall–Kier alpha value is -2.44. The Balaban J connectivity index is 2.02. The predicted molar refractivity (Wildman–Crippen MR) is 91.1 cm³/mol. The average molecular weight is 347 g/mol. The number of halogens is 1. The smallest absolute Gasteiger partial charge is 0.270 e. The molecule has 7 heteroatoms. The molecule has 116 valence electrons. The summed E-state index contributed by atoms with van der Waals surface area (Å²) in [5, 5.41) is 2.97. The van der Waals surface area contributed by atoms with E-state index in [2.05, 4.69) is 5.32 Å². The number of nitrogens with one attached hydrogen (secondary N) is 1. The monoisotopic (exact) mass is 346 g/mol. The molecule has 1 saturated heterocycles. The molecule has 1 aromatic heterocycles. The van der Waals surface area contributed by atoms with Gasteiger partial charge >= 0.3 is 0 Å². The van der Waals surface area contributed by atoms with Crippen molar-refractivity contribution in [3.05, 3.63) is 58.5 Å². The molecule has 3 rings (SSSR count). The Labute approximate surface area is 142 Å². The molecule has 1 aromatic carbocycles. The number of amides is 2. The minimum atomic E-state index is -0.563. The molecule has 0 spiro atoms. The number of rotatable bonds is 2. The summed E-state index contributed by atoms with van der Waals surface area (Å²) in [5.41, 5.74) is 0.418. The second-order valence-electron chi connectivity index (χ2n) is 4.89. The van der Waals surface area contributed by atoms with Crippen molar-refractivity contribution in [3.63, 3.8) is 0 Å². The molecule has 2 aromatic rings. The Morgan fingerprint density at radius 1 is 1.26 bits per heavy atom. The van der Waals surface area contributed by atoms with Gasteiger partial charge < -0.3 is 4.42 Å². The molecule has 2 amide bonds. The van der Waals surface area contributed by atoms with Gasteiger partial charge in [0.15, 0.2) is 5.11 Å². The number of carbonyl (C=O) groups is 2. The number of anilines is 1. The summed E-state index contributed by atoms with van der Waals surface area (Å²) in [6, 6.07) is 10.1. The Morgan fingerprint density at radius 3 is 2.70 bits per heavy atom. The van der Waals surface area contributed by atoms with E-state index in [0.717, 1.165) is 0 Å². The number of hydrogen-bond donors (Lipinski definition) is 1. The van der Waals surface area contributed by atoms with Crippen LogP contribution in [0, 0.1) is 6.92 Å². The molecule has 0 atom stereocenters. The van der Waals surface area contributed by atoms with Gasteiger partial charge in [-0.3, -0.25) is 19.8 Å². The minimum absolute atomic E-state index is 0.00930. The summed E-state index contributed by atoms with van der Waals surface area (Å²) in [6.45, 7) is 1.78. The third-order valence-electron chi connectivity index (χ3n) is 3.22. The zero-order chi connectivity index (χ0) is 16.6. The second-order valence-corrected chi connectivity index (χ2v) is 5.71. The fourth-order valence-electron chi connectivity index (χ4n) is 2.18. The lowest BCUT2D eigenvalue weighted by Crippen LogP contribution is -2.54. The predicted octanol–water partition coefficient (Wildman–Crippen LogP) is 3.07. The van der Waals surface area contributed by atoms with Crippen molar-refractivity contribution in [3.8, 4) is 0 Å². The van der Waals surface area contributed by atoms with Crippen LogP contribution in [0.25, 0.3) is 6.08 Å². The first-order chi connectivity index (χ1) is 11.0. The molecule has 5 nitrogen and oxygen atoms in total. The van der Waals surface area contributed by atoms with Crippen LogP contribution >= 0.6 is 23.8 Å². The SMILES string of the molecule is Cc1ccc(/C=C2\C(=O)NC(=S)N(c3cccc(Cl)c3)C2=O)o1. The molecular weight excluding hydrogens is 336 g/mol. The number of thiocarbonyl (C=S) groups is 1. The van der Waals surface area contributed by atoms with Gasteiger partial charge in [-0.2, -0.15) is 0 Å². The molecule has 23 heavy (non-hydrogen) atoms. The summed E-state index contributed by atoms with van der Waals surface area (Å²) in [6.07, 6.45) is 1.39. The van der Waals surface area contributed by atoms with E-state index in [4.69, 9.17) is 28.2 Å². The summed E-state index contributed by atoms with van der Waals surface area (Å²) in [4.78, 5) is 26.0. The van der Waals surface area contributed by atoms with E-state index in [-0.39, 0.29) is 10.7 Å². The van der Waals surface area contributed by atoms with Crippen molar-refractivity contribution in [2.24, 2.45) is 0 Å². The number of furan rings is 1. The van der Waals surface area contributed by atoms with Crippen LogP contribution in [0.4, 0.5) is 5.69 Å². The van der Waals surface area contributed by atoms with Gasteiger partial charge in [-0.05, 0) is 55.5 Å². The Morgan fingerprint density at radius 2 is 2.04 bits per heavy atom. The average Bonchev–Trinajstić information content (AvgIpc) is 2.89. The first kappa shape index (κ1) is 15.5. The van der Waals surface area contributed by atoms with E-state index in [0.29, 0.717) is 22.2 Å². The van der Waals surface area contributed by atoms with E-state index >= 15 is 0 Å². The highest BCUT2D eigenvalue weighted by Gasteiger charge is 2.34. The van der Waals surface area contributed by atoms with E-state index in [1.54, 1.807) is 43.3 Å². The summed E-state index contributed by atoms with van der Waals surface area (Å²) in [7, 11) is 0. The molecule has 1 aliphatic rings. The number of nitrogens with zero attached hydrogens (tertiary/aromatic N) is 1. The maximum atomic E-state index is 12.7. The van der Waals surface area contributed by atoms with Crippen molar-refractivity contribution in [1.82, 2.24) is 5.32 Å². The Kier molecular flexibility index (Phi) is 4.02. The maximum Gasteiger partial charge on any atom is 0.270 e. The lowest BCUT2D eigenvalue weighted by Gasteiger charge is -2.28. The summed E-state index contributed by atoms with van der Waals surface area (Å²) >= 11 is 11.1. The standard InChI is InChI=1S/C16H11ClN2O3S/c1-9-5-6-12(22-9)8-13-14(20)18-16(23)19(15(13)21)11-4-2-3-10(17)7-11/h2-8H,1H3,(H,18,20,23)/b13-8+. The lowest BCUT2D eigenvalue weighted by molar-refractivity contribution is -0.122. The number of benzene rings is 1. The van der Waals surface area contributed by atoms with Crippen LogP contribution in [0.2, 0.25) is 5.02 Å². The molecule has 0 unspecified atom stereocenters. The van der Waals surface area contributed by atoms with Gasteiger partial charge in [0.05, 0.1) is 5.69 Å². The van der Waals surface area contributed by atoms with Crippen molar-refractivity contribution in [2.45, 2.75) is 6.92 Å². The van der Waals surface area contributed by atoms with Gasteiger partial charge in [0.2, 0.25) is 0 Å². The highest BCUT2D eigenvalue weighted by molar-refractivity contribution is 7.80. The summed E-state index contributed by atoms with van der Waals surface area (Å²) in [5.74, 6) is 0.00463. The molecule has 1 fully saturated rings. The van der Waals surface area contributed by atoms with Crippen LogP contribution in [-0.4, -0.2) is 16.9 Å². The molecule has 0 aliphatic carbocycles. The fraction of sp³-hybridized carbons (Fsp3) is 0.0625. The third kappa shape index (κ3) is 3.04. The highest BCUT2D eigenvalue weighted by Crippen LogP contribution is 2.24. The van der Waals surface area contributed by atoms with Crippen LogP contribution in [0.5, 0.6) is 0 Å². The van der Waals surface area contributed by atoms with E-state index in [1.807, 2.05) is 0 Å². The Bertz CT molecular complexity index is 857. The van der Waals surface area contributed by atoms with Crippen molar-refractivity contribution in [2.75, 3.05) is 4.90 Å². The van der Waals surface area contributed by atoms with E-state index in [1.165, 1.54) is 11.0 Å². The van der Waals surface area contributed by atoms with Crippen LogP contribution in [0.3, 0.4) is 0 Å². The highest BCUT2D eigenvalue weighted by atomic mass is 35.5. The van der Waals surface area contributed by atoms with Gasteiger partial charge in [0.25, 0.3) is 11.8 Å².